The number of phenolic OH excluding ortho intramolecular Hbond substituents is 2. The zero-order valence-corrected chi connectivity index (χ0v) is 20.6. The molecule has 2 aromatic carbocycles. The molecule has 0 bridgehead atoms. The highest BCUT2D eigenvalue weighted by atomic mass is 16.7. The quantitative estimate of drug-likeness (QED) is 0.171. The molecular formula is C24H24O15. The van der Waals surface area contributed by atoms with Crippen LogP contribution in [0.5, 0.6) is 23.0 Å². The van der Waals surface area contributed by atoms with Crippen molar-refractivity contribution in [3.05, 3.63) is 34.0 Å². The van der Waals surface area contributed by atoms with Gasteiger partial charge in [0.15, 0.2) is 35.6 Å². The van der Waals surface area contributed by atoms with Gasteiger partial charge in [-0.3, -0.25) is 19.2 Å². The standard InChI is InChI=1S/C24H24O15/c1-8(25)35-7-15-21(36-9(2)26)22(37-10(3)27)20(32)24(39-15)38-14-6-11-4-12(23(33)34)5-13(28)17(29)16(11)19(31)18(14)30/h4-6,15,20-22,24,30-32H,7H2,1-3H3,(H,28,29)(H,33,34)/t15-,20-,21-,22-,24-/m1/s1. The van der Waals surface area contributed by atoms with Crippen molar-refractivity contribution >= 4 is 34.6 Å². The topological polar surface area (TPSA) is 233 Å². The number of aromatic hydroxyl groups is 3. The third-order valence-electron chi connectivity index (χ3n) is 5.49. The maximum absolute atomic E-state index is 12.5. The second-order valence-electron chi connectivity index (χ2n) is 8.40. The summed E-state index contributed by atoms with van der Waals surface area (Å²) in [5.41, 5.74) is -1.75. The average molecular weight is 552 g/mol. The van der Waals surface area contributed by atoms with Crippen molar-refractivity contribution in [1.29, 1.82) is 0 Å². The van der Waals surface area contributed by atoms with Gasteiger partial charge >= 0.3 is 23.9 Å². The summed E-state index contributed by atoms with van der Waals surface area (Å²) < 4.78 is 26.3. The van der Waals surface area contributed by atoms with E-state index >= 15 is 0 Å². The largest absolute Gasteiger partial charge is 0.504 e. The van der Waals surface area contributed by atoms with Crippen LogP contribution in [0, 0.1) is 0 Å². The molecule has 0 aromatic heterocycles. The average Bonchev–Trinajstić information content (AvgIpc) is 2.95. The van der Waals surface area contributed by atoms with Gasteiger partial charge in [-0.25, -0.2) is 4.79 Å². The van der Waals surface area contributed by atoms with Crippen LogP contribution in [0.4, 0.5) is 0 Å². The Kier molecular flexibility index (Phi) is 8.46. The van der Waals surface area contributed by atoms with E-state index in [4.69, 9.17) is 23.7 Å². The molecule has 210 valence electrons. The lowest BCUT2D eigenvalue weighted by Gasteiger charge is -2.42. The van der Waals surface area contributed by atoms with Gasteiger partial charge in [0.1, 0.15) is 12.7 Å². The molecule has 5 atom stereocenters. The lowest BCUT2D eigenvalue weighted by molar-refractivity contribution is -0.285. The van der Waals surface area contributed by atoms with Crippen molar-refractivity contribution in [3.8, 4) is 23.0 Å². The van der Waals surface area contributed by atoms with Crippen LogP contribution in [0.15, 0.2) is 23.0 Å². The molecule has 15 heteroatoms. The van der Waals surface area contributed by atoms with E-state index < -0.39 is 101 Å². The molecule has 0 radical (unpaired) electrons. The number of aliphatic hydroxyl groups is 1. The number of rotatable bonds is 7. The predicted octanol–water partition coefficient (Wildman–Crippen LogP) is -0.0939. The van der Waals surface area contributed by atoms with E-state index in [0.717, 1.165) is 32.9 Å². The minimum atomic E-state index is -1.90. The SMILES string of the molecule is CC(=O)OC[C@H]1O[C@@H](Oc2cc3cc(C(=O)O)cc(O)c(=O)c3c(O)c2O)[C@H](O)[C@@H](OC(C)=O)[C@@H]1OC(C)=O. The van der Waals surface area contributed by atoms with E-state index in [1.165, 1.54) is 0 Å². The van der Waals surface area contributed by atoms with Crippen LogP contribution in [0.2, 0.25) is 0 Å². The molecule has 2 aromatic rings. The Morgan fingerprint density at radius 3 is 2.08 bits per heavy atom. The molecule has 39 heavy (non-hydrogen) atoms. The first kappa shape index (κ1) is 28.9. The van der Waals surface area contributed by atoms with Crippen LogP contribution >= 0.6 is 0 Å². The summed E-state index contributed by atoms with van der Waals surface area (Å²) in [5, 5.41) is 50.3. The highest BCUT2D eigenvalue weighted by Gasteiger charge is 2.51. The number of hydrogen-bond donors (Lipinski definition) is 5. The number of carboxylic acids is 1. The van der Waals surface area contributed by atoms with E-state index in [1.807, 2.05) is 0 Å². The number of benzene rings is 1. The third-order valence-corrected chi connectivity index (χ3v) is 5.49. The first-order valence-corrected chi connectivity index (χ1v) is 11.2. The van der Waals surface area contributed by atoms with Crippen molar-refractivity contribution in [1.82, 2.24) is 0 Å². The highest BCUT2D eigenvalue weighted by Crippen LogP contribution is 2.42. The summed E-state index contributed by atoms with van der Waals surface area (Å²) in [6, 6.07) is 2.48. The van der Waals surface area contributed by atoms with Gasteiger partial charge < -0.3 is 49.2 Å². The Morgan fingerprint density at radius 1 is 0.897 bits per heavy atom. The molecule has 0 saturated carbocycles. The van der Waals surface area contributed by atoms with Gasteiger partial charge in [-0.2, -0.15) is 0 Å². The van der Waals surface area contributed by atoms with Crippen LogP contribution in [0.25, 0.3) is 10.8 Å². The molecule has 15 nitrogen and oxygen atoms in total. The summed E-state index contributed by atoms with van der Waals surface area (Å²) >= 11 is 0. The third kappa shape index (κ3) is 6.27. The smallest absolute Gasteiger partial charge is 0.335 e. The second-order valence-corrected chi connectivity index (χ2v) is 8.40. The number of carbonyl (C=O) groups excluding carboxylic acids is 3. The summed E-state index contributed by atoms with van der Waals surface area (Å²) in [5.74, 6) is -7.83. The molecule has 5 N–H and O–H groups in total. The summed E-state index contributed by atoms with van der Waals surface area (Å²) in [6.45, 7) is 2.57. The fourth-order valence-electron chi connectivity index (χ4n) is 3.88. The van der Waals surface area contributed by atoms with Crippen molar-refractivity contribution in [2.75, 3.05) is 6.61 Å². The number of fused-ring (bicyclic) bond motifs is 1. The van der Waals surface area contributed by atoms with Gasteiger partial charge in [0, 0.05) is 20.8 Å². The van der Waals surface area contributed by atoms with Gasteiger partial charge in [0.2, 0.25) is 17.5 Å². The van der Waals surface area contributed by atoms with Gasteiger partial charge in [0.05, 0.1) is 10.9 Å². The monoisotopic (exact) mass is 552 g/mol. The Morgan fingerprint density at radius 2 is 1.51 bits per heavy atom. The number of ether oxygens (including phenoxy) is 5. The maximum atomic E-state index is 12.5. The minimum Gasteiger partial charge on any atom is -0.504 e. The molecular weight excluding hydrogens is 528 g/mol. The zero-order valence-electron chi connectivity index (χ0n) is 20.6. The first-order chi connectivity index (χ1) is 18.2. The van der Waals surface area contributed by atoms with E-state index in [0.29, 0.717) is 6.07 Å². The number of aliphatic hydroxyl groups excluding tert-OH is 1. The van der Waals surface area contributed by atoms with Crippen molar-refractivity contribution in [3.63, 3.8) is 0 Å². The molecule has 0 aliphatic carbocycles. The van der Waals surface area contributed by atoms with E-state index in [1.54, 1.807) is 0 Å². The van der Waals surface area contributed by atoms with Gasteiger partial charge in [0.25, 0.3) is 0 Å². The van der Waals surface area contributed by atoms with Crippen LogP contribution in [-0.4, -0.2) is 86.7 Å². The number of aromatic carboxylic acids is 1. The van der Waals surface area contributed by atoms with Crippen molar-refractivity contribution in [2.24, 2.45) is 0 Å². The Hall–Kier alpha value is -4.63. The molecule has 0 spiro atoms. The Balaban J connectivity index is 2.11. The minimum absolute atomic E-state index is 0.293. The van der Waals surface area contributed by atoms with E-state index in [-0.39, 0.29) is 5.39 Å². The van der Waals surface area contributed by atoms with Gasteiger partial charge in [-0.05, 0) is 23.6 Å². The zero-order chi connectivity index (χ0) is 29.2. The lowest BCUT2D eigenvalue weighted by Crippen LogP contribution is -2.62. The number of phenols is 2. The summed E-state index contributed by atoms with van der Waals surface area (Å²) in [7, 11) is 0. The molecule has 1 heterocycles. The highest BCUT2D eigenvalue weighted by molar-refractivity contribution is 5.97. The summed E-state index contributed by atoms with van der Waals surface area (Å²) in [6.07, 6.45) is -8.19. The number of hydrogen-bond acceptors (Lipinski definition) is 14. The number of carbonyl (C=O) groups is 4. The van der Waals surface area contributed by atoms with Gasteiger partial charge in [-0.15, -0.1) is 0 Å². The van der Waals surface area contributed by atoms with Crippen LogP contribution in [0.3, 0.4) is 0 Å². The fraction of sp³-hybridized carbons (Fsp3) is 0.375. The first-order valence-electron chi connectivity index (χ1n) is 11.2. The Bertz CT molecular complexity index is 1380. The molecule has 1 saturated heterocycles. The predicted molar refractivity (Wildman–Crippen MR) is 125 cm³/mol. The molecule has 0 amide bonds. The molecule has 1 aliphatic rings. The van der Waals surface area contributed by atoms with Gasteiger partial charge in [-0.1, -0.05) is 0 Å². The van der Waals surface area contributed by atoms with E-state index in [9.17, 15) is 49.5 Å². The maximum Gasteiger partial charge on any atom is 0.335 e. The molecule has 0 unspecified atom stereocenters. The van der Waals surface area contributed by atoms with Crippen molar-refractivity contribution in [2.45, 2.75) is 51.5 Å². The normalized spacial score (nSPS) is 22.5. The van der Waals surface area contributed by atoms with E-state index in [2.05, 4.69) is 0 Å². The molecule has 1 aliphatic heterocycles. The summed E-state index contributed by atoms with van der Waals surface area (Å²) in [4.78, 5) is 58.8. The number of esters is 3. The van der Waals surface area contributed by atoms with Crippen molar-refractivity contribution < 1.29 is 68.4 Å². The Labute approximate surface area is 218 Å². The lowest BCUT2D eigenvalue weighted by atomic mass is 9.98. The van der Waals surface area contributed by atoms with Crippen LogP contribution in [-0.2, 0) is 33.3 Å². The fourth-order valence-corrected chi connectivity index (χ4v) is 3.88. The second kappa shape index (κ2) is 11.4. The molecule has 1 fully saturated rings. The van der Waals surface area contributed by atoms with Crippen LogP contribution in [0.1, 0.15) is 31.1 Å². The van der Waals surface area contributed by atoms with Crippen LogP contribution < -0.4 is 10.2 Å². The molecule has 3 rings (SSSR count). The number of carboxylic acid groups (broad SMARTS) is 1.